The average Bonchev–Trinajstić information content (AvgIpc) is 2.89. The number of hydrogen-bond acceptors (Lipinski definition) is 3. The second kappa shape index (κ2) is 6.70. The Hall–Kier alpha value is -2.37. The van der Waals surface area contributed by atoms with Gasteiger partial charge in [-0.25, -0.2) is 4.98 Å². The van der Waals surface area contributed by atoms with E-state index in [0.29, 0.717) is 6.54 Å². The summed E-state index contributed by atoms with van der Waals surface area (Å²) in [4.78, 5) is 8.39. The lowest BCUT2D eigenvalue weighted by molar-refractivity contribution is 0.651. The topological polar surface area (TPSA) is 67.1 Å². The molecule has 0 fully saturated rings. The van der Waals surface area contributed by atoms with Gasteiger partial charge in [-0.2, -0.15) is 5.10 Å². The molecule has 0 bridgehead atoms. The van der Waals surface area contributed by atoms with Crippen LogP contribution in [0.3, 0.4) is 0 Å². The third kappa shape index (κ3) is 3.57. The summed E-state index contributed by atoms with van der Waals surface area (Å²) in [5.41, 5.74) is 1.22. The maximum absolute atomic E-state index is 4.22. The third-order valence-corrected chi connectivity index (χ3v) is 3.10. The van der Waals surface area contributed by atoms with E-state index in [2.05, 4.69) is 44.8 Å². The van der Waals surface area contributed by atoms with Crippen molar-refractivity contribution in [2.45, 2.75) is 19.5 Å². The molecular weight excluding hydrogens is 252 g/mol. The van der Waals surface area contributed by atoms with Crippen molar-refractivity contribution in [3.8, 4) is 0 Å². The van der Waals surface area contributed by atoms with Crippen LogP contribution in [0.1, 0.15) is 24.4 Å². The molecule has 0 saturated carbocycles. The van der Waals surface area contributed by atoms with Gasteiger partial charge in [-0.3, -0.25) is 9.67 Å². The minimum Gasteiger partial charge on any atom is -0.350 e. The summed E-state index contributed by atoms with van der Waals surface area (Å²) < 4.78 is 1.74. The summed E-state index contributed by atoms with van der Waals surface area (Å²) in [6.45, 7) is 2.68. The minimum atomic E-state index is 0.182. The molecule has 1 atom stereocenters. The number of aromatic nitrogens is 3. The van der Waals surface area contributed by atoms with Crippen LogP contribution in [-0.2, 0) is 13.6 Å². The molecule has 20 heavy (non-hydrogen) atoms. The molecule has 6 nitrogen and oxygen atoms in total. The molecule has 0 radical (unpaired) electrons. The fraction of sp³-hybridized carbons (Fsp3) is 0.357. The second-order valence-corrected chi connectivity index (χ2v) is 4.50. The highest BCUT2D eigenvalue weighted by Crippen LogP contribution is 2.10. The molecule has 1 heterocycles. The zero-order valence-corrected chi connectivity index (χ0v) is 12.0. The second-order valence-electron chi connectivity index (χ2n) is 4.50. The van der Waals surface area contributed by atoms with E-state index in [4.69, 9.17) is 0 Å². The average molecular weight is 272 g/mol. The summed E-state index contributed by atoms with van der Waals surface area (Å²) in [5, 5.41) is 10.6. The largest absolute Gasteiger partial charge is 0.350 e. The van der Waals surface area contributed by atoms with Crippen molar-refractivity contribution in [1.82, 2.24) is 25.4 Å². The molecule has 1 aromatic heterocycles. The van der Waals surface area contributed by atoms with Crippen LogP contribution in [0.15, 0.2) is 41.7 Å². The molecule has 2 rings (SSSR count). The van der Waals surface area contributed by atoms with Gasteiger partial charge >= 0.3 is 0 Å². The van der Waals surface area contributed by atoms with Gasteiger partial charge in [0.15, 0.2) is 5.96 Å². The molecule has 6 heteroatoms. The Morgan fingerprint density at radius 2 is 2.10 bits per heavy atom. The Kier molecular flexibility index (Phi) is 4.70. The quantitative estimate of drug-likeness (QED) is 0.649. The highest BCUT2D eigenvalue weighted by atomic mass is 15.3. The van der Waals surface area contributed by atoms with E-state index < -0.39 is 0 Å². The maximum atomic E-state index is 4.22. The molecule has 1 unspecified atom stereocenters. The van der Waals surface area contributed by atoms with Crippen LogP contribution in [0.2, 0.25) is 0 Å². The number of rotatable bonds is 4. The number of nitrogens with one attached hydrogen (secondary N) is 2. The van der Waals surface area contributed by atoms with Crippen LogP contribution < -0.4 is 10.6 Å². The van der Waals surface area contributed by atoms with Crippen molar-refractivity contribution in [3.63, 3.8) is 0 Å². The molecule has 0 saturated heterocycles. The van der Waals surface area contributed by atoms with Crippen LogP contribution in [0, 0.1) is 0 Å². The van der Waals surface area contributed by atoms with Crippen molar-refractivity contribution >= 4 is 5.96 Å². The summed E-state index contributed by atoms with van der Waals surface area (Å²) in [6.07, 6.45) is 1.54. The zero-order chi connectivity index (χ0) is 14.4. The summed E-state index contributed by atoms with van der Waals surface area (Å²) in [5.74, 6) is 1.60. The van der Waals surface area contributed by atoms with Gasteiger partial charge in [0.25, 0.3) is 0 Å². The first-order chi connectivity index (χ1) is 9.70. The smallest absolute Gasteiger partial charge is 0.191 e. The molecule has 0 aliphatic rings. The molecule has 1 aromatic carbocycles. The van der Waals surface area contributed by atoms with Gasteiger partial charge < -0.3 is 10.6 Å². The molecule has 0 aliphatic heterocycles. The van der Waals surface area contributed by atoms with Gasteiger partial charge in [0, 0.05) is 14.1 Å². The fourth-order valence-corrected chi connectivity index (χ4v) is 1.87. The maximum Gasteiger partial charge on any atom is 0.191 e. The molecular formula is C14H20N6. The van der Waals surface area contributed by atoms with E-state index in [1.54, 1.807) is 18.1 Å². The molecule has 0 aliphatic carbocycles. The van der Waals surface area contributed by atoms with E-state index in [1.165, 1.54) is 5.56 Å². The van der Waals surface area contributed by atoms with Crippen LogP contribution >= 0.6 is 0 Å². The first kappa shape index (κ1) is 14.0. The SMILES string of the molecule is CN=C(NCc1ncnn1C)NC(C)c1ccccc1. The highest BCUT2D eigenvalue weighted by molar-refractivity contribution is 5.80. The molecule has 106 valence electrons. The lowest BCUT2D eigenvalue weighted by Crippen LogP contribution is -2.38. The van der Waals surface area contributed by atoms with Gasteiger partial charge in [0.2, 0.25) is 0 Å². The van der Waals surface area contributed by atoms with Gasteiger partial charge in [-0.1, -0.05) is 30.3 Å². The van der Waals surface area contributed by atoms with E-state index in [-0.39, 0.29) is 6.04 Å². The molecule has 2 aromatic rings. The number of nitrogens with zero attached hydrogens (tertiary/aromatic N) is 4. The van der Waals surface area contributed by atoms with Crippen molar-refractivity contribution in [2.75, 3.05) is 7.05 Å². The Morgan fingerprint density at radius 1 is 1.35 bits per heavy atom. The van der Waals surface area contributed by atoms with Gasteiger partial charge in [0.05, 0.1) is 12.6 Å². The first-order valence-electron chi connectivity index (χ1n) is 6.55. The highest BCUT2D eigenvalue weighted by Gasteiger charge is 2.08. The number of benzene rings is 1. The van der Waals surface area contributed by atoms with E-state index in [9.17, 15) is 0 Å². The summed E-state index contributed by atoms with van der Waals surface area (Å²) in [6, 6.07) is 10.4. The van der Waals surface area contributed by atoms with Crippen molar-refractivity contribution in [3.05, 3.63) is 48.0 Å². The van der Waals surface area contributed by atoms with Gasteiger partial charge in [-0.05, 0) is 12.5 Å². The first-order valence-corrected chi connectivity index (χ1v) is 6.55. The minimum absolute atomic E-state index is 0.182. The monoisotopic (exact) mass is 272 g/mol. The number of guanidine groups is 1. The molecule has 0 spiro atoms. The predicted octanol–water partition coefficient (Wildman–Crippen LogP) is 1.24. The predicted molar refractivity (Wildman–Crippen MR) is 79.2 cm³/mol. The number of hydrogen-bond donors (Lipinski definition) is 2. The standard InChI is InChI=1S/C14H20N6/c1-11(12-7-5-4-6-8-12)19-14(15-2)16-9-13-17-10-18-20(13)3/h4-8,10-11H,9H2,1-3H3,(H2,15,16,19). The Labute approximate surface area is 119 Å². The fourth-order valence-electron chi connectivity index (χ4n) is 1.87. The van der Waals surface area contributed by atoms with Crippen molar-refractivity contribution in [1.29, 1.82) is 0 Å². The molecule has 0 amide bonds. The number of aliphatic imine (C=N–C) groups is 1. The summed E-state index contributed by atoms with van der Waals surface area (Å²) in [7, 11) is 3.62. The lowest BCUT2D eigenvalue weighted by Gasteiger charge is -2.18. The van der Waals surface area contributed by atoms with Crippen LogP contribution in [0.4, 0.5) is 0 Å². The van der Waals surface area contributed by atoms with Gasteiger partial charge in [-0.15, -0.1) is 0 Å². The lowest BCUT2D eigenvalue weighted by atomic mass is 10.1. The normalized spacial score (nSPS) is 13.1. The third-order valence-electron chi connectivity index (χ3n) is 3.10. The Balaban J connectivity index is 1.91. The van der Waals surface area contributed by atoms with Crippen molar-refractivity contribution < 1.29 is 0 Å². The molecule has 2 N–H and O–H groups in total. The van der Waals surface area contributed by atoms with Crippen LogP contribution in [0.5, 0.6) is 0 Å². The van der Waals surface area contributed by atoms with Crippen molar-refractivity contribution in [2.24, 2.45) is 12.0 Å². The van der Waals surface area contributed by atoms with Crippen LogP contribution in [-0.4, -0.2) is 27.8 Å². The van der Waals surface area contributed by atoms with Gasteiger partial charge in [0.1, 0.15) is 12.2 Å². The Morgan fingerprint density at radius 3 is 2.70 bits per heavy atom. The van der Waals surface area contributed by atoms with E-state index >= 15 is 0 Å². The number of aryl methyl sites for hydroxylation is 1. The van der Waals surface area contributed by atoms with E-state index in [1.807, 2.05) is 25.2 Å². The summed E-state index contributed by atoms with van der Waals surface area (Å²) >= 11 is 0. The van der Waals surface area contributed by atoms with E-state index in [0.717, 1.165) is 11.8 Å². The Bertz CT molecular complexity index is 560. The van der Waals surface area contributed by atoms with Crippen LogP contribution in [0.25, 0.3) is 0 Å². The zero-order valence-electron chi connectivity index (χ0n) is 12.0.